The summed E-state index contributed by atoms with van der Waals surface area (Å²) in [5.74, 6) is 0.823. The Morgan fingerprint density at radius 3 is 2.54 bits per heavy atom. The number of rotatable bonds is 6. The zero-order chi connectivity index (χ0) is 27.5. The van der Waals surface area contributed by atoms with Crippen LogP contribution in [0.2, 0.25) is 5.02 Å². The summed E-state index contributed by atoms with van der Waals surface area (Å²) >= 11 is 7.19. The lowest BCUT2D eigenvalue weighted by Gasteiger charge is -2.22. The molecule has 2 N–H and O–H groups in total. The van der Waals surface area contributed by atoms with Gasteiger partial charge in [-0.1, -0.05) is 17.7 Å². The molecule has 1 aliphatic carbocycles. The highest BCUT2D eigenvalue weighted by Gasteiger charge is 2.59. The van der Waals surface area contributed by atoms with Crippen LogP contribution in [0.3, 0.4) is 0 Å². The van der Waals surface area contributed by atoms with Crippen molar-refractivity contribution in [2.24, 2.45) is 17.6 Å². The number of hydrogen-bond donors (Lipinski definition) is 1. The number of pyridine rings is 1. The van der Waals surface area contributed by atoms with Crippen molar-refractivity contribution in [1.82, 2.24) is 24.8 Å². The van der Waals surface area contributed by atoms with E-state index in [-0.39, 0.29) is 28.9 Å². The van der Waals surface area contributed by atoms with E-state index in [1.54, 1.807) is 24.5 Å². The molecule has 0 spiro atoms. The zero-order valence-electron chi connectivity index (χ0n) is 21.6. The minimum atomic E-state index is -0.653. The maximum atomic E-state index is 14.2. The van der Waals surface area contributed by atoms with E-state index in [1.807, 2.05) is 37.8 Å². The van der Waals surface area contributed by atoms with E-state index in [9.17, 15) is 9.18 Å². The number of amides is 1. The van der Waals surface area contributed by atoms with E-state index in [4.69, 9.17) is 22.1 Å². The van der Waals surface area contributed by atoms with Crippen molar-refractivity contribution < 1.29 is 13.9 Å². The summed E-state index contributed by atoms with van der Waals surface area (Å²) in [5.41, 5.74) is 8.37. The Kier molecular flexibility index (Phi) is 6.36. The van der Waals surface area contributed by atoms with Gasteiger partial charge in [-0.25, -0.2) is 24.3 Å². The van der Waals surface area contributed by atoms with Crippen molar-refractivity contribution in [3.05, 3.63) is 75.8 Å². The molecule has 2 aliphatic rings. The van der Waals surface area contributed by atoms with Gasteiger partial charge in [0.2, 0.25) is 5.88 Å². The Bertz CT molecular complexity index is 1560. The predicted molar refractivity (Wildman–Crippen MR) is 147 cm³/mol. The molecule has 3 atom stereocenters. The highest BCUT2D eigenvalue weighted by atomic mass is 35.5. The molecule has 3 aromatic heterocycles. The topological polar surface area (TPSA) is 107 Å². The molecule has 6 rings (SSSR count). The average Bonchev–Trinajstić information content (AvgIpc) is 3.22. The third kappa shape index (κ3) is 4.99. The van der Waals surface area contributed by atoms with Crippen LogP contribution in [0.5, 0.6) is 5.88 Å². The zero-order valence-corrected chi connectivity index (χ0v) is 23.1. The summed E-state index contributed by atoms with van der Waals surface area (Å²) in [4.78, 5) is 33.4. The molecule has 1 saturated carbocycles. The Morgan fingerprint density at radius 2 is 1.87 bits per heavy atom. The fraction of sp³-hybridized carbons (Fsp3) is 0.321. The van der Waals surface area contributed by atoms with Crippen LogP contribution < -0.4 is 10.5 Å². The lowest BCUT2D eigenvalue weighted by Crippen LogP contribution is -2.33. The highest BCUT2D eigenvalue weighted by Crippen LogP contribution is 2.48. The molecule has 4 aromatic rings. The van der Waals surface area contributed by atoms with Crippen LogP contribution in [0, 0.1) is 24.6 Å². The first-order valence-corrected chi connectivity index (χ1v) is 13.8. The molecular weight excluding hydrogens is 539 g/mol. The molecular formula is C28H26ClFN6O2S. The van der Waals surface area contributed by atoms with Gasteiger partial charge in [0.25, 0.3) is 5.91 Å². The largest absolute Gasteiger partial charge is 0.474 e. The number of ether oxygens (including phenoxy) is 1. The van der Waals surface area contributed by atoms with Crippen molar-refractivity contribution in [2.45, 2.75) is 32.4 Å². The van der Waals surface area contributed by atoms with Crippen LogP contribution in [0.1, 0.15) is 34.8 Å². The Balaban J connectivity index is 1.17. The van der Waals surface area contributed by atoms with Crippen LogP contribution >= 0.6 is 22.9 Å². The molecule has 200 valence electrons. The van der Waals surface area contributed by atoms with Crippen molar-refractivity contribution >= 4 is 28.8 Å². The number of aryl methyl sites for hydroxylation is 1. The molecule has 8 nitrogen and oxygen atoms in total. The van der Waals surface area contributed by atoms with E-state index < -0.39 is 11.4 Å². The van der Waals surface area contributed by atoms with Crippen molar-refractivity contribution in [1.29, 1.82) is 0 Å². The lowest BCUT2D eigenvalue weighted by molar-refractivity contribution is 0.0755. The third-order valence-corrected chi connectivity index (χ3v) is 8.62. The second-order valence-corrected chi connectivity index (χ2v) is 12.0. The number of carbonyl (C=O) groups excluding carboxylic acids is 1. The number of piperidine rings is 1. The SMILES string of the molecule is Cc1nc(-c2ncccn2)sc1C(=O)N1C[C@@H]2[C@H](C1)[C@@H]2Oc1cc(C(C)(C)N)cc(-c2ccc(Cl)c(F)c2)n1. The van der Waals surface area contributed by atoms with Crippen LogP contribution in [-0.2, 0) is 5.54 Å². The van der Waals surface area contributed by atoms with Gasteiger partial charge in [0.15, 0.2) is 10.8 Å². The molecule has 2 fully saturated rings. The maximum absolute atomic E-state index is 14.2. The van der Waals surface area contributed by atoms with Gasteiger partial charge in [0, 0.05) is 54.5 Å². The van der Waals surface area contributed by atoms with Gasteiger partial charge in [-0.3, -0.25) is 4.79 Å². The number of aromatic nitrogens is 4. The smallest absolute Gasteiger partial charge is 0.265 e. The number of thiazole rings is 1. The van der Waals surface area contributed by atoms with Gasteiger partial charge in [-0.2, -0.15) is 0 Å². The first-order chi connectivity index (χ1) is 18.6. The summed E-state index contributed by atoms with van der Waals surface area (Å²) in [5, 5.41) is 0.681. The van der Waals surface area contributed by atoms with Gasteiger partial charge in [0.05, 0.1) is 16.4 Å². The first-order valence-electron chi connectivity index (χ1n) is 12.6. The Morgan fingerprint density at radius 1 is 1.15 bits per heavy atom. The van der Waals surface area contributed by atoms with Crippen LogP contribution in [0.4, 0.5) is 4.39 Å². The maximum Gasteiger partial charge on any atom is 0.265 e. The average molecular weight is 565 g/mol. The lowest BCUT2D eigenvalue weighted by atomic mass is 9.95. The second-order valence-electron chi connectivity index (χ2n) is 10.6. The Labute approximate surface area is 234 Å². The standard InChI is InChI=1S/C28H26ClFN6O2S/c1-14-24(39-26(34-14)25-32-7-4-8-33-25)27(37)36-12-17-18(13-36)23(17)38-22-11-16(28(2,3)31)10-21(35-22)15-5-6-19(29)20(30)9-15/h4-11,17-18,23H,12-13,31H2,1-3H3/t17-,18+,23-. The normalized spacial score (nSPS) is 20.2. The van der Waals surface area contributed by atoms with Gasteiger partial charge < -0.3 is 15.4 Å². The third-order valence-electron chi connectivity index (χ3n) is 7.17. The minimum Gasteiger partial charge on any atom is -0.474 e. The van der Waals surface area contributed by atoms with E-state index in [0.717, 1.165) is 5.56 Å². The summed E-state index contributed by atoms with van der Waals surface area (Å²) < 4.78 is 20.5. The molecule has 0 bridgehead atoms. The molecule has 0 radical (unpaired) electrons. The number of nitrogens with two attached hydrogens (primary N) is 1. The quantitative estimate of drug-likeness (QED) is 0.347. The summed E-state index contributed by atoms with van der Waals surface area (Å²) in [7, 11) is 0. The number of hydrogen-bond acceptors (Lipinski definition) is 8. The van der Waals surface area contributed by atoms with Gasteiger partial charge in [-0.05, 0) is 50.6 Å². The van der Waals surface area contributed by atoms with Gasteiger partial charge in [0.1, 0.15) is 16.8 Å². The number of fused-ring (bicyclic) bond motifs is 1. The number of nitrogens with zero attached hydrogens (tertiary/aromatic N) is 5. The van der Waals surface area contributed by atoms with Crippen LogP contribution in [0.15, 0.2) is 48.8 Å². The van der Waals surface area contributed by atoms with Crippen molar-refractivity contribution in [2.75, 3.05) is 13.1 Å². The second kappa shape index (κ2) is 9.62. The highest BCUT2D eigenvalue weighted by molar-refractivity contribution is 7.17. The summed E-state index contributed by atoms with van der Waals surface area (Å²) in [6, 6.07) is 10.00. The Hall–Kier alpha value is -3.47. The number of halogens is 2. The molecule has 4 heterocycles. The van der Waals surface area contributed by atoms with Gasteiger partial charge in [-0.15, -0.1) is 11.3 Å². The van der Waals surface area contributed by atoms with E-state index in [1.165, 1.54) is 23.5 Å². The molecule has 1 aliphatic heterocycles. The van der Waals surface area contributed by atoms with Crippen molar-refractivity contribution in [3.63, 3.8) is 0 Å². The van der Waals surface area contributed by atoms with E-state index in [0.29, 0.717) is 51.6 Å². The van der Waals surface area contributed by atoms with E-state index >= 15 is 0 Å². The fourth-order valence-corrected chi connectivity index (χ4v) is 6.04. The first kappa shape index (κ1) is 25.8. The van der Waals surface area contributed by atoms with E-state index in [2.05, 4.69) is 19.9 Å². The van der Waals surface area contributed by atoms with Crippen LogP contribution in [0.25, 0.3) is 22.1 Å². The monoisotopic (exact) mass is 564 g/mol. The van der Waals surface area contributed by atoms with Gasteiger partial charge >= 0.3 is 0 Å². The molecule has 1 saturated heterocycles. The molecule has 1 aromatic carbocycles. The number of benzene rings is 1. The number of carbonyl (C=O) groups is 1. The molecule has 11 heteroatoms. The van der Waals surface area contributed by atoms with Crippen molar-refractivity contribution in [3.8, 4) is 28.0 Å². The molecule has 39 heavy (non-hydrogen) atoms. The minimum absolute atomic E-state index is 0.0322. The van der Waals surface area contributed by atoms with Crippen LogP contribution in [-0.4, -0.2) is 49.9 Å². The fourth-order valence-electron chi connectivity index (χ4n) is 4.94. The molecule has 1 amide bonds. The molecule has 0 unspecified atom stereocenters. The summed E-state index contributed by atoms with van der Waals surface area (Å²) in [6.45, 7) is 6.81. The summed E-state index contributed by atoms with van der Waals surface area (Å²) in [6.07, 6.45) is 3.26. The predicted octanol–water partition coefficient (Wildman–Crippen LogP) is 5.11. The number of likely N-dealkylation sites (tertiary alicyclic amines) is 1.